The minimum Gasteiger partial charge on any atom is -0.335 e. The second kappa shape index (κ2) is 11.0. The highest BCUT2D eigenvalue weighted by molar-refractivity contribution is 7.00. The minimum atomic E-state index is -2.29. The Morgan fingerprint density at radius 1 is 0.635 bits per heavy atom. The molecule has 256 valence electrons. The maximum Gasteiger partial charge on any atom is 0.252 e. The van der Waals surface area contributed by atoms with Crippen molar-refractivity contribution in [3.63, 3.8) is 0 Å². The molecule has 2 unspecified atom stereocenters. The van der Waals surface area contributed by atoms with Crippen molar-refractivity contribution < 1.29 is 4.11 Å². The molecule has 6 aromatic carbocycles. The summed E-state index contributed by atoms with van der Waals surface area (Å²) in [6.45, 7) is 9.35. The van der Waals surface area contributed by atoms with Gasteiger partial charge in [0.05, 0.1) is 11.2 Å². The molecule has 52 heavy (non-hydrogen) atoms. The van der Waals surface area contributed by atoms with Crippen molar-refractivity contribution in [3.05, 3.63) is 144 Å². The molecule has 1 saturated carbocycles. The molecule has 10 rings (SSSR count). The van der Waals surface area contributed by atoms with E-state index >= 15 is 0 Å². The first kappa shape index (κ1) is 28.6. The monoisotopic (exact) mass is 677 g/mol. The summed E-state index contributed by atoms with van der Waals surface area (Å²) in [4.78, 5) is 5.02. The van der Waals surface area contributed by atoms with Gasteiger partial charge in [-0.25, -0.2) is 0 Å². The normalized spacial score (nSPS) is 22.1. The van der Waals surface area contributed by atoms with E-state index in [2.05, 4.69) is 160 Å². The second-order valence-corrected chi connectivity index (χ2v) is 17.1. The summed E-state index contributed by atoms with van der Waals surface area (Å²) in [7, 11) is 0. The standard InChI is InChI=1S/C49H47BN2/c1-32-28-43-45-44(29-32)52-46-38(48(5)26-13-14-27-49(48,52)6)20-15-21-39(46)50(45)40-30-35(33-16-9-7-10-17-33)22-24-42(40)51(43)41-25-23-36(47(2,3)4)31-37(41)34-18-11-8-12-19-34/h7-12,15-25,28-31H,13-14,26-27H2,1-6H3/i1D3. The van der Waals surface area contributed by atoms with Crippen LogP contribution in [0.1, 0.15) is 81.1 Å². The van der Waals surface area contributed by atoms with Gasteiger partial charge in [-0.3, -0.25) is 0 Å². The van der Waals surface area contributed by atoms with E-state index in [1.54, 1.807) is 0 Å². The SMILES string of the molecule is [2H]C([2H])([2H])c1cc2c3c(c1)N1c4c(cccc4C4(C)CCCCC14C)B3c1cc(-c3ccccc3)ccc1N2c1ccc(C(C)(C)C)cc1-c1ccccc1. The van der Waals surface area contributed by atoms with Gasteiger partial charge in [-0.05, 0) is 112 Å². The highest BCUT2D eigenvalue weighted by Crippen LogP contribution is 2.61. The Bertz CT molecular complexity index is 2520. The van der Waals surface area contributed by atoms with Gasteiger partial charge in [0.15, 0.2) is 0 Å². The van der Waals surface area contributed by atoms with Crippen molar-refractivity contribution in [1.82, 2.24) is 0 Å². The molecule has 2 nitrogen and oxygen atoms in total. The van der Waals surface area contributed by atoms with Crippen molar-refractivity contribution in [2.45, 2.75) is 83.5 Å². The smallest absolute Gasteiger partial charge is 0.252 e. The summed E-state index contributed by atoms with van der Waals surface area (Å²) < 4.78 is 26.7. The van der Waals surface area contributed by atoms with Gasteiger partial charge >= 0.3 is 0 Å². The third-order valence-electron chi connectivity index (χ3n) is 13.3. The molecular weight excluding hydrogens is 627 g/mol. The average Bonchev–Trinajstić information content (AvgIpc) is 3.39. The molecule has 0 N–H and O–H groups in total. The molecule has 3 heterocycles. The Morgan fingerprint density at radius 2 is 1.35 bits per heavy atom. The molecule has 0 bridgehead atoms. The molecule has 1 aliphatic carbocycles. The predicted molar refractivity (Wildman–Crippen MR) is 223 cm³/mol. The number of nitrogens with zero attached hydrogens (tertiary/aromatic N) is 2. The maximum atomic E-state index is 8.89. The van der Waals surface area contributed by atoms with E-state index in [4.69, 9.17) is 4.11 Å². The number of fused-ring (bicyclic) bond motifs is 7. The van der Waals surface area contributed by atoms with Crippen LogP contribution in [0.5, 0.6) is 0 Å². The van der Waals surface area contributed by atoms with Crippen molar-refractivity contribution in [2.75, 3.05) is 9.80 Å². The van der Waals surface area contributed by atoms with E-state index in [1.807, 2.05) is 12.1 Å². The fourth-order valence-electron chi connectivity index (χ4n) is 10.4. The van der Waals surface area contributed by atoms with Gasteiger partial charge in [0.1, 0.15) is 0 Å². The topological polar surface area (TPSA) is 6.48 Å². The zero-order valence-electron chi connectivity index (χ0n) is 33.9. The molecule has 2 atom stereocenters. The molecular formula is C49H47BN2. The minimum absolute atomic E-state index is 0.0584. The summed E-state index contributed by atoms with van der Waals surface area (Å²) in [6.07, 6.45) is 4.53. The third-order valence-corrected chi connectivity index (χ3v) is 13.3. The lowest BCUT2D eigenvalue weighted by Crippen LogP contribution is -2.64. The van der Waals surface area contributed by atoms with E-state index in [-0.39, 0.29) is 23.1 Å². The number of hydrogen-bond acceptors (Lipinski definition) is 2. The predicted octanol–water partition coefficient (Wildman–Crippen LogP) is 11.0. The van der Waals surface area contributed by atoms with E-state index < -0.39 is 6.85 Å². The van der Waals surface area contributed by atoms with Crippen molar-refractivity contribution in [3.8, 4) is 22.3 Å². The Kier molecular flexibility index (Phi) is 6.04. The van der Waals surface area contributed by atoms with Crippen LogP contribution in [0.4, 0.5) is 28.4 Å². The van der Waals surface area contributed by atoms with E-state index in [0.29, 0.717) is 5.56 Å². The van der Waals surface area contributed by atoms with Gasteiger partial charge in [-0.15, -0.1) is 0 Å². The lowest BCUT2D eigenvalue weighted by atomic mass is 9.33. The highest BCUT2D eigenvalue weighted by atomic mass is 15.3. The molecule has 1 fully saturated rings. The van der Waals surface area contributed by atoms with Crippen LogP contribution >= 0.6 is 0 Å². The quantitative estimate of drug-likeness (QED) is 0.172. The zero-order valence-corrected chi connectivity index (χ0v) is 30.9. The molecule has 4 aliphatic rings. The number of para-hydroxylation sites is 1. The highest BCUT2D eigenvalue weighted by Gasteiger charge is 2.61. The van der Waals surface area contributed by atoms with E-state index in [0.717, 1.165) is 53.1 Å². The molecule has 3 heteroatoms. The van der Waals surface area contributed by atoms with Gasteiger partial charge < -0.3 is 9.80 Å². The Balaban J connectivity index is 1.34. The lowest BCUT2D eigenvalue weighted by Gasteiger charge is -2.53. The van der Waals surface area contributed by atoms with E-state index in [9.17, 15) is 0 Å². The van der Waals surface area contributed by atoms with Gasteiger partial charge in [-0.1, -0.05) is 138 Å². The number of anilines is 5. The molecule has 3 aliphatic heterocycles. The first-order valence-electron chi connectivity index (χ1n) is 20.6. The van der Waals surface area contributed by atoms with Gasteiger partial charge in [0.25, 0.3) is 6.71 Å². The molecule has 6 aromatic rings. The number of benzene rings is 6. The van der Waals surface area contributed by atoms with Crippen molar-refractivity contribution in [2.24, 2.45) is 0 Å². The largest absolute Gasteiger partial charge is 0.335 e. The third kappa shape index (κ3) is 4.26. The number of aryl methyl sites for hydroxylation is 1. The lowest BCUT2D eigenvalue weighted by molar-refractivity contribution is 0.195. The number of hydrogen-bond donors (Lipinski definition) is 0. The Morgan fingerprint density at radius 3 is 2.10 bits per heavy atom. The van der Waals surface area contributed by atoms with Crippen LogP contribution in [0, 0.1) is 6.85 Å². The Hall–Kier alpha value is -5.02. The summed E-state index contributed by atoms with van der Waals surface area (Å²) in [5.74, 6) is 0. The summed E-state index contributed by atoms with van der Waals surface area (Å²) in [5.41, 5.74) is 16.6. The van der Waals surface area contributed by atoms with Gasteiger partial charge in [0, 0.05) is 37.8 Å². The van der Waals surface area contributed by atoms with Crippen LogP contribution in [0.15, 0.2) is 127 Å². The molecule has 0 aromatic heterocycles. The van der Waals surface area contributed by atoms with Crippen LogP contribution in [-0.2, 0) is 10.8 Å². The summed E-state index contributed by atoms with van der Waals surface area (Å²) >= 11 is 0. The van der Waals surface area contributed by atoms with E-state index in [1.165, 1.54) is 50.8 Å². The van der Waals surface area contributed by atoms with Crippen LogP contribution < -0.4 is 26.2 Å². The first-order chi connectivity index (χ1) is 26.3. The fourth-order valence-corrected chi connectivity index (χ4v) is 10.4. The maximum absolute atomic E-state index is 8.89. The number of rotatable bonds is 3. The fraction of sp³-hybridized carbons (Fsp3) is 0.265. The summed E-state index contributed by atoms with van der Waals surface area (Å²) in [5, 5.41) is 0. The molecule has 0 amide bonds. The van der Waals surface area contributed by atoms with Gasteiger partial charge in [0.2, 0.25) is 0 Å². The zero-order chi connectivity index (χ0) is 38.1. The van der Waals surface area contributed by atoms with Crippen LogP contribution in [0.25, 0.3) is 22.3 Å². The van der Waals surface area contributed by atoms with Crippen LogP contribution in [0.2, 0.25) is 0 Å². The van der Waals surface area contributed by atoms with Crippen molar-refractivity contribution >= 4 is 51.5 Å². The van der Waals surface area contributed by atoms with Crippen LogP contribution in [-0.4, -0.2) is 12.3 Å². The second-order valence-electron chi connectivity index (χ2n) is 17.1. The molecule has 0 radical (unpaired) electrons. The summed E-state index contributed by atoms with van der Waals surface area (Å²) in [6, 6.07) is 46.2. The van der Waals surface area contributed by atoms with Crippen molar-refractivity contribution in [1.29, 1.82) is 0 Å². The van der Waals surface area contributed by atoms with Gasteiger partial charge in [-0.2, -0.15) is 0 Å². The molecule has 0 saturated heterocycles. The Labute approximate surface area is 314 Å². The molecule has 0 spiro atoms. The van der Waals surface area contributed by atoms with Crippen LogP contribution in [0.3, 0.4) is 0 Å². The first-order valence-corrected chi connectivity index (χ1v) is 19.1. The average molecular weight is 678 g/mol.